The standard InChI is InChI=1S/C21H18F3NO4/c1-3-25-12-17(19(26)20(27)28-4-2)16-10-7-14(11-18(16)25)13-5-8-15(9-6-13)29-21(22,23)24/h5-12H,3-4H2,1-2H3. The largest absolute Gasteiger partial charge is 0.573 e. The lowest BCUT2D eigenvalue weighted by Crippen LogP contribution is -2.17. The molecule has 0 unspecified atom stereocenters. The predicted octanol–water partition coefficient (Wildman–Crippen LogP) is 4.97. The maximum Gasteiger partial charge on any atom is 0.573 e. The molecule has 0 spiro atoms. The molecular formula is C21H18F3NO4. The van der Waals surface area contributed by atoms with E-state index in [1.807, 2.05) is 17.6 Å². The number of aromatic nitrogens is 1. The van der Waals surface area contributed by atoms with E-state index in [1.54, 1.807) is 25.3 Å². The van der Waals surface area contributed by atoms with Gasteiger partial charge in [-0.3, -0.25) is 4.79 Å². The Morgan fingerprint density at radius 3 is 2.24 bits per heavy atom. The van der Waals surface area contributed by atoms with E-state index in [9.17, 15) is 22.8 Å². The predicted molar refractivity (Wildman–Crippen MR) is 101 cm³/mol. The van der Waals surface area contributed by atoms with Gasteiger partial charge >= 0.3 is 12.3 Å². The summed E-state index contributed by atoms with van der Waals surface area (Å²) < 4.78 is 47.4. The third-order valence-electron chi connectivity index (χ3n) is 4.35. The van der Waals surface area contributed by atoms with Gasteiger partial charge in [0.2, 0.25) is 0 Å². The zero-order valence-electron chi connectivity index (χ0n) is 15.7. The van der Waals surface area contributed by atoms with Gasteiger partial charge in [0.05, 0.1) is 12.2 Å². The van der Waals surface area contributed by atoms with E-state index in [2.05, 4.69) is 4.74 Å². The van der Waals surface area contributed by atoms with Crippen LogP contribution >= 0.6 is 0 Å². The highest BCUT2D eigenvalue weighted by Gasteiger charge is 2.31. The van der Waals surface area contributed by atoms with Crippen molar-refractivity contribution in [1.29, 1.82) is 0 Å². The molecule has 0 N–H and O–H groups in total. The van der Waals surface area contributed by atoms with Crippen molar-refractivity contribution in [3.63, 3.8) is 0 Å². The van der Waals surface area contributed by atoms with E-state index < -0.39 is 18.1 Å². The monoisotopic (exact) mass is 405 g/mol. The second kappa shape index (κ2) is 7.98. The summed E-state index contributed by atoms with van der Waals surface area (Å²) >= 11 is 0. The van der Waals surface area contributed by atoms with Gasteiger partial charge in [-0.15, -0.1) is 13.2 Å². The summed E-state index contributed by atoms with van der Waals surface area (Å²) in [6.45, 7) is 4.19. The van der Waals surface area contributed by atoms with E-state index in [4.69, 9.17) is 4.74 Å². The number of alkyl halides is 3. The third kappa shape index (κ3) is 4.42. The zero-order valence-corrected chi connectivity index (χ0v) is 15.7. The lowest BCUT2D eigenvalue weighted by Gasteiger charge is -2.10. The van der Waals surface area contributed by atoms with E-state index in [0.29, 0.717) is 17.5 Å². The highest BCUT2D eigenvalue weighted by Crippen LogP contribution is 2.30. The zero-order chi connectivity index (χ0) is 21.2. The number of halogens is 3. The smallest absolute Gasteiger partial charge is 0.460 e. The molecule has 0 saturated carbocycles. The summed E-state index contributed by atoms with van der Waals surface area (Å²) in [4.78, 5) is 24.2. The molecule has 1 aromatic heterocycles. The molecule has 0 aliphatic carbocycles. The van der Waals surface area contributed by atoms with Gasteiger partial charge in [0.25, 0.3) is 5.78 Å². The molecule has 5 nitrogen and oxygen atoms in total. The number of carbonyl (C=O) groups is 2. The highest BCUT2D eigenvalue weighted by molar-refractivity contribution is 6.43. The van der Waals surface area contributed by atoms with Gasteiger partial charge < -0.3 is 14.0 Å². The van der Waals surface area contributed by atoms with Crippen LogP contribution in [-0.4, -0.2) is 29.3 Å². The first-order valence-electron chi connectivity index (χ1n) is 8.94. The number of hydrogen-bond donors (Lipinski definition) is 0. The number of ether oxygens (including phenoxy) is 2. The Labute approximate surface area is 164 Å². The molecule has 2 aromatic carbocycles. The molecule has 8 heteroatoms. The van der Waals surface area contributed by atoms with Gasteiger partial charge in [0.1, 0.15) is 5.75 Å². The van der Waals surface area contributed by atoms with Gasteiger partial charge in [-0.05, 0) is 43.2 Å². The van der Waals surface area contributed by atoms with E-state index in [1.165, 1.54) is 24.3 Å². The number of benzene rings is 2. The lowest BCUT2D eigenvalue weighted by atomic mass is 10.0. The van der Waals surface area contributed by atoms with Crippen LogP contribution in [0, 0.1) is 0 Å². The van der Waals surface area contributed by atoms with E-state index in [0.717, 1.165) is 11.1 Å². The molecule has 0 radical (unpaired) electrons. The van der Waals surface area contributed by atoms with Crippen LogP contribution in [0.4, 0.5) is 13.2 Å². The minimum atomic E-state index is -4.75. The molecule has 0 atom stereocenters. The maximum absolute atomic E-state index is 12.4. The van der Waals surface area contributed by atoms with Crippen molar-refractivity contribution >= 4 is 22.7 Å². The summed E-state index contributed by atoms with van der Waals surface area (Å²) in [6.07, 6.45) is -3.14. The summed E-state index contributed by atoms with van der Waals surface area (Å²) in [7, 11) is 0. The fourth-order valence-electron chi connectivity index (χ4n) is 3.07. The van der Waals surface area contributed by atoms with Crippen LogP contribution in [-0.2, 0) is 16.1 Å². The fourth-order valence-corrected chi connectivity index (χ4v) is 3.07. The summed E-state index contributed by atoms with van der Waals surface area (Å²) in [5, 5.41) is 0.602. The van der Waals surface area contributed by atoms with Crippen molar-refractivity contribution in [2.45, 2.75) is 26.8 Å². The fraction of sp³-hybridized carbons (Fsp3) is 0.238. The summed E-state index contributed by atoms with van der Waals surface area (Å²) in [5.74, 6) is -1.93. The Morgan fingerprint density at radius 2 is 1.66 bits per heavy atom. The Hall–Kier alpha value is -3.29. The molecule has 152 valence electrons. The molecule has 0 bridgehead atoms. The van der Waals surface area contributed by atoms with Gasteiger partial charge in [-0.25, -0.2) is 4.79 Å². The molecule has 3 aromatic rings. The summed E-state index contributed by atoms with van der Waals surface area (Å²) in [6, 6.07) is 10.8. The van der Waals surface area contributed by atoms with Crippen molar-refractivity contribution in [2.75, 3.05) is 6.61 Å². The molecule has 0 aliphatic rings. The molecule has 3 rings (SSSR count). The number of ketones is 1. The highest BCUT2D eigenvalue weighted by atomic mass is 19.4. The molecule has 0 aliphatic heterocycles. The molecule has 0 fully saturated rings. The third-order valence-corrected chi connectivity index (χ3v) is 4.35. The van der Waals surface area contributed by atoms with Crippen molar-refractivity contribution in [1.82, 2.24) is 4.57 Å². The Balaban J connectivity index is 1.98. The first kappa shape index (κ1) is 20.4. The SMILES string of the molecule is CCOC(=O)C(=O)c1cn(CC)c2cc(-c3ccc(OC(F)(F)F)cc3)ccc12. The van der Waals surface area contributed by atoms with Crippen LogP contribution in [0.1, 0.15) is 24.2 Å². The summed E-state index contributed by atoms with van der Waals surface area (Å²) in [5.41, 5.74) is 2.41. The maximum atomic E-state index is 12.4. The first-order valence-corrected chi connectivity index (χ1v) is 8.94. The molecule has 1 heterocycles. The minimum absolute atomic E-state index is 0.106. The lowest BCUT2D eigenvalue weighted by molar-refractivity contribution is -0.274. The normalized spacial score (nSPS) is 11.5. The van der Waals surface area contributed by atoms with Crippen molar-refractivity contribution in [3.05, 3.63) is 54.2 Å². The van der Waals surface area contributed by atoms with Crippen LogP contribution in [0.3, 0.4) is 0 Å². The number of aryl methyl sites for hydroxylation is 1. The van der Waals surface area contributed by atoms with Crippen LogP contribution in [0.2, 0.25) is 0 Å². The number of esters is 1. The van der Waals surface area contributed by atoms with E-state index in [-0.39, 0.29) is 17.9 Å². The second-order valence-corrected chi connectivity index (χ2v) is 6.18. The van der Waals surface area contributed by atoms with Crippen LogP contribution < -0.4 is 4.74 Å². The number of fused-ring (bicyclic) bond motifs is 1. The Bertz CT molecular complexity index is 1050. The van der Waals surface area contributed by atoms with Crippen molar-refractivity contribution in [2.24, 2.45) is 0 Å². The van der Waals surface area contributed by atoms with Crippen LogP contribution in [0.25, 0.3) is 22.0 Å². The average molecular weight is 405 g/mol. The Kier molecular flexibility index (Phi) is 5.63. The second-order valence-electron chi connectivity index (χ2n) is 6.18. The minimum Gasteiger partial charge on any atom is -0.460 e. The van der Waals surface area contributed by atoms with Crippen LogP contribution in [0.15, 0.2) is 48.7 Å². The van der Waals surface area contributed by atoms with Gasteiger partial charge in [0, 0.05) is 23.6 Å². The quantitative estimate of drug-likeness (QED) is 0.330. The number of rotatable bonds is 6. The van der Waals surface area contributed by atoms with Crippen molar-refractivity contribution in [3.8, 4) is 16.9 Å². The number of hydrogen-bond acceptors (Lipinski definition) is 4. The van der Waals surface area contributed by atoms with Gasteiger partial charge in [-0.2, -0.15) is 0 Å². The van der Waals surface area contributed by atoms with E-state index >= 15 is 0 Å². The number of nitrogens with zero attached hydrogens (tertiary/aromatic N) is 1. The number of carbonyl (C=O) groups excluding carboxylic acids is 2. The van der Waals surface area contributed by atoms with Gasteiger partial charge in [-0.1, -0.05) is 24.3 Å². The topological polar surface area (TPSA) is 57.5 Å². The Morgan fingerprint density at radius 1 is 1.00 bits per heavy atom. The molecule has 0 amide bonds. The van der Waals surface area contributed by atoms with Crippen LogP contribution in [0.5, 0.6) is 5.75 Å². The van der Waals surface area contributed by atoms with Gasteiger partial charge in [0.15, 0.2) is 0 Å². The number of Topliss-reactive ketones (excluding diaryl/α,β-unsaturated/α-hetero) is 1. The molecule has 29 heavy (non-hydrogen) atoms. The molecule has 0 saturated heterocycles. The van der Waals surface area contributed by atoms with Crippen molar-refractivity contribution < 1.29 is 32.2 Å². The molecular weight excluding hydrogens is 387 g/mol. The first-order chi connectivity index (χ1) is 13.7. The average Bonchev–Trinajstić information content (AvgIpc) is 3.05.